The lowest BCUT2D eigenvalue weighted by Crippen LogP contribution is -2.39. The van der Waals surface area contributed by atoms with Crippen molar-refractivity contribution in [1.82, 2.24) is 4.98 Å². The van der Waals surface area contributed by atoms with E-state index in [1.165, 1.54) is 12.1 Å². The van der Waals surface area contributed by atoms with Gasteiger partial charge < -0.3 is 20.8 Å². The number of nitrogens with two attached hydrogens (primary N) is 1. The third kappa shape index (κ3) is 3.59. The zero-order chi connectivity index (χ0) is 13.9. The minimum Gasteiger partial charge on any atom is -0.477 e. The molecule has 0 unspecified atom stereocenters. The largest absolute Gasteiger partial charge is 0.477 e. The Labute approximate surface area is 106 Å². The van der Waals surface area contributed by atoms with Gasteiger partial charge in [0.25, 0.3) is 0 Å². The van der Waals surface area contributed by atoms with E-state index in [1.807, 2.05) is 6.92 Å². The zero-order valence-corrected chi connectivity index (χ0v) is 10.8. The molecule has 18 heavy (non-hydrogen) atoms. The Balaban J connectivity index is 3.12. The molecule has 100 valence electrons. The Morgan fingerprint density at radius 2 is 2.11 bits per heavy atom. The number of aromatic carboxylic acids is 1. The number of carbonyl (C=O) groups is 1. The van der Waals surface area contributed by atoms with E-state index in [0.29, 0.717) is 24.6 Å². The van der Waals surface area contributed by atoms with E-state index >= 15 is 0 Å². The van der Waals surface area contributed by atoms with Crippen molar-refractivity contribution in [2.24, 2.45) is 0 Å². The SMILES string of the molecule is CCN(CC(C)(C)O)c1nc(C(=O)O)ccc1N. The number of carboxylic acids is 1. The molecule has 0 saturated heterocycles. The predicted molar refractivity (Wildman–Crippen MR) is 69.8 cm³/mol. The van der Waals surface area contributed by atoms with Gasteiger partial charge in [-0.3, -0.25) is 0 Å². The summed E-state index contributed by atoms with van der Waals surface area (Å²) in [5.74, 6) is -0.713. The molecule has 0 aliphatic rings. The lowest BCUT2D eigenvalue weighted by molar-refractivity contribution is 0.0690. The molecule has 6 heteroatoms. The molecule has 1 heterocycles. The minimum absolute atomic E-state index is 0.0617. The second kappa shape index (κ2) is 5.22. The van der Waals surface area contributed by atoms with Gasteiger partial charge in [0.05, 0.1) is 11.3 Å². The van der Waals surface area contributed by atoms with Crippen molar-refractivity contribution in [3.63, 3.8) is 0 Å². The van der Waals surface area contributed by atoms with E-state index < -0.39 is 11.6 Å². The standard InChI is InChI=1S/C12H19N3O3/c1-4-15(7-12(2,3)18)10-8(13)5-6-9(14-10)11(16)17/h5-6,18H,4,7,13H2,1-3H3,(H,16,17). The molecular weight excluding hydrogens is 234 g/mol. The van der Waals surface area contributed by atoms with Crippen LogP contribution in [0, 0.1) is 0 Å². The molecule has 0 spiro atoms. The number of carboxylic acid groups (broad SMARTS) is 1. The number of rotatable bonds is 5. The van der Waals surface area contributed by atoms with E-state index in [1.54, 1.807) is 18.7 Å². The summed E-state index contributed by atoms with van der Waals surface area (Å²) in [5.41, 5.74) is 5.23. The molecule has 0 bridgehead atoms. The van der Waals surface area contributed by atoms with Gasteiger partial charge in [-0.25, -0.2) is 9.78 Å². The van der Waals surface area contributed by atoms with Gasteiger partial charge in [0.15, 0.2) is 11.5 Å². The second-order valence-electron chi connectivity index (χ2n) is 4.74. The predicted octanol–water partition coefficient (Wildman–Crippen LogP) is 0.959. The summed E-state index contributed by atoms with van der Waals surface area (Å²) in [4.78, 5) is 16.7. The summed E-state index contributed by atoms with van der Waals surface area (Å²) in [5, 5.41) is 18.7. The highest BCUT2D eigenvalue weighted by Gasteiger charge is 2.21. The number of pyridine rings is 1. The summed E-state index contributed by atoms with van der Waals surface area (Å²) in [6.07, 6.45) is 0. The van der Waals surface area contributed by atoms with Crippen LogP contribution in [0.25, 0.3) is 0 Å². The van der Waals surface area contributed by atoms with Crippen LogP contribution in [0.2, 0.25) is 0 Å². The van der Waals surface area contributed by atoms with Crippen molar-refractivity contribution in [1.29, 1.82) is 0 Å². The Kier molecular flexibility index (Phi) is 4.13. The molecule has 0 radical (unpaired) electrons. The van der Waals surface area contributed by atoms with Crippen LogP contribution >= 0.6 is 0 Å². The highest BCUT2D eigenvalue weighted by molar-refractivity contribution is 5.87. The van der Waals surface area contributed by atoms with Crippen molar-refractivity contribution < 1.29 is 15.0 Å². The molecule has 6 nitrogen and oxygen atoms in total. The maximum atomic E-state index is 10.9. The van der Waals surface area contributed by atoms with Crippen LogP contribution in [0.15, 0.2) is 12.1 Å². The second-order valence-corrected chi connectivity index (χ2v) is 4.74. The highest BCUT2D eigenvalue weighted by atomic mass is 16.4. The Hall–Kier alpha value is -1.82. The molecule has 1 aromatic rings. The topological polar surface area (TPSA) is 99.7 Å². The summed E-state index contributed by atoms with van der Waals surface area (Å²) in [6.45, 7) is 6.13. The van der Waals surface area contributed by atoms with Gasteiger partial charge in [-0.05, 0) is 32.9 Å². The van der Waals surface area contributed by atoms with E-state index in [9.17, 15) is 9.90 Å². The van der Waals surface area contributed by atoms with Gasteiger partial charge in [-0.1, -0.05) is 0 Å². The number of nitrogens with zero attached hydrogens (tertiary/aromatic N) is 2. The first-order valence-electron chi connectivity index (χ1n) is 5.71. The van der Waals surface area contributed by atoms with Gasteiger partial charge in [-0.2, -0.15) is 0 Å². The smallest absolute Gasteiger partial charge is 0.354 e. The first-order valence-corrected chi connectivity index (χ1v) is 5.71. The van der Waals surface area contributed by atoms with Crippen LogP contribution in [0.5, 0.6) is 0 Å². The summed E-state index contributed by atoms with van der Waals surface area (Å²) < 4.78 is 0. The molecule has 1 aromatic heterocycles. The molecule has 0 saturated carbocycles. The molecule has 0 aromatic carbocycles. The Bertz CT molecular complexity index is 441. The van der Waals surface area contributed by atoms with E-state index in [4.69, 9.17) is 10.8 Å². The summed E-state index contributed by atoms with van der Waals surface area (Å²) in [7, 11) is 0. The van der Waals surface area contributed by atoms with Crippen LogP contribution < -0.4 is 10.6 Å². The average Bonchev–Trinajstić information content (AvgIpc) is 2.25. The van der Waals surface area contributed by atoms with Crippen LogP contribution in [-0.2, 0) is 0 Å². The van der Waals surface area contributed by atoms with Gasteiger partial charge in [0.1, 0.15) is 0 Å². The maximum Gasteiger partial charge on any atom is 0.354 e. The number of aromatic nitrogens is 1. The molecule has 0 aliphatic carbocycles. The van der Waals surface area contributed by atoms with Crippen molar-refractivity contribution in [2.75, 3.05) is 23.7 Å². The third-order valence-electron chi connectivity index (χ3n) is 2.38. The van der Waals surface area contributed by atoms with Crippen LogP contribution in [0.3, 0.4) is 0 Å². The molecule has 1 rings (SSSR count). The van der Waals surface area contributed by atoms with Crippen LogP contribution in [0.1, 0.15) is 31.3 Å². The number of hydrogen-bond acceptors (Lipinski definition) is 5. The third-order valence-corrected chi connectivity index (χ3v) is 2.38. The number of anilines is 2. The van der Waals surface area contributed by atoms with E-state index in [0.717, 1.165) is 0 Å². The van der Waals surface area contributed by atoms with Gasteiger partial charge in [-0.15, -0.1) is 0 Å². The Morgan fingerprint density at radius 3 is 2.56 bits per heavy atom. The van der Waals surface area contributed by atoms with Gasteiger partial charge in [0.2, 0.25) is 0 Å². The van der Waals surface area contributed by atoms with E-state index in [2.05, 4.69) is 4.98 Å². The first-order chi connectivity index (χ1) is 8.24. The molecule has 0 amide bonds. The summed E-state index contributed by atoms with van der Waals surface area (Å²) in [6, 6.07) is 2.87. The lowest BCUT2D eigenvalue weighted by Gasteiger charge is -2.29. The maximum absolute atomic E-state index is 10.9. The normalized spacial score (nSPS) is 11.3. The lowest BCUT2D eigenvalue weighted by atomic mass is 10.1. The number of likely N-dealkylation sites (N-methyl/N-ethyl adjacent to an activating group) is 1. The number of hydrogen-bond donors (Lipinski definition) is 3. The fourth-order valence-corrected chi connectivity index (χ4v) is 1.64. The Morgan fingerprint density at radius 1 is 1.50 bits per heavy atom. The molecule has 0 atom stereocenters. The van der Waals surface area contributed by atoms with Crippen molar-refractivity contribution in [3.05, 3.63) is 17.8 Å². The van der Waals surface area contributed by atoms with Crippen molar-refractivity contribution >= 4 is 17.5 Å². The fraction of sp³-hybridized carbons (Fsp3) is 0.500. The summed E-state index contributed by atoms with van der Waals surface area (Å²) >= 11 is 0. The van der Waals surface area contributed by atoms with Crippen molar-refractivity contribution in [3.8, 4) is 0 Å². The average molecular weight is 253 g/mol. The monoisotopic (exact) mass is 253 g/mol. The highest BCUT2D eigenvalue weighted by Crippen LogP contribution is 2.22. The van der Waals surface area contributed by atoms with Gasteiger partial charge in [0, 0.05) is 13.1 Å². The van der Waals surface area contributed by atoms with Crippen LogP contribution in [0.4, 0.5) is 11.5 Å². The molecule has 0 aliphatic heterocycles. The zero-order valence-electron chi connectivity index (χ0n) is 10.8. The van der Waals surface area contributed by atoms with Gasteiger partial charge >= 0.3 is 5.97 Å². The molecule has 4 N–H and O–H groups in total. The number of nitrogen functional groups attached to an aromatic ring is 1. The molecule has 0 fully saturated rings. The van der Waals surface area contributed by atoms with E-state index in [-0.39, 0.29) is 5.69 Å². The quantitative estimate of drug-likeness (QED) is 0.722. The van der Waals surface area contributed by atoms with Crippen LogP contribution in [-0.4, -0.2) is 39.9 Å². The number of aliphatic hydroxyl groups is 1. The fourth-order valence-electron chi connectivity index (χ4n) is 1.64. The first kappa shape index (κ1) is 14.2. The minimum atomic E-state index is -1.10. The molecular formula is C12H19N3O3. The van der Waals surface area contributed by atoms with Crippen molar-refractivity contribution in [2.45, 2.75) is 26.4 Å².